The molecule has 1 heterocycles. The molecule has 1 amide bonds. The van der Waals surface area contributed by atoms with Crippen molar-refractivity contribution < 1.29 is 29.0 Å². The van der Waals surface area contributed by atoms with E-state index in [0.29, 0.717) is 5.56 Å². The van der Waals surface area contributed by atoms with Crippen molar-refractivity contribution in [3.8, 4) is 5.75 Å². The Balaban J connectivity index is 2.30. The first kappa shape index (κ1) is 15.8. The Labute approximate surface area is 127 Å². The molecule has 0 bridgehead atoms. The SMILES string of the molecule is COC(=O)C1CC(=O)N([C@@H](C(=O)OC)c2ccc(O)cc2)C1. The summed E-state index contributed by atoms with van der Waals surface area (Å²) in [5.41, 5.74) is 0.503. The van der Waals surface area contributed by atoms with Crippen molar-refractivity contribution >= 4 is 17.8 Å². The van der Waals surface area contributed by atoms with Gasteiger partial charge in [-0.1, -0.05) is 12.1 Å². The van der Waals surface area contributed by atoms with Crippen LogP contribution in [0, 0.1) is 5.92 Å². The number of likely N-dealkylation sites (tertiary alicyclic amines) is 1. The molecule has 0 aromatic heterocycles. The second kappa shape index (κ2) is 6.46. The van der Waals surface area contributed by atoms with Crippen LogP contribution in [0.4, 0.5) is 0 Å². The lowest BCUT2D eigenvalue weighted by molar-refractivity contribution is -0.152. The molecule has 0 spiro atoms. The first-order chi connectivity index (χ1) is 10.5. The number of rotatable bonds is 4. The highest BCUT2D eigenvalue weighted by atomic mass is 16.5. The fourth-order valence-electron chi connectivity index (χ4n) is 2.52. The number of nitrogens with zero attached hydrogens (tertiary/aromatic N) is 1. The highest BCUT2D eigenvalue weighted by Gasteiger charge is 2.42. The molecular formula is C15H17NO6. The average molecular weight is 307 g/mol. The van der Waals surface area contributed by atoms with E-state index >= 15 is 0 Å². The standard InChI is InChI=1S/C15H17NO6/c1-21-14(19)10-7-12(18)16(8-10)13(15(20)22-2)9-3-5-11(17)6-4-9/h3-6,10,13,17H,7-8H2,1-2H3/t10?,13-/m1/s1. The van der Waals surface area contributed by atoms with Crippen LogP contribution in [0.2, 0.25) is 0 Å². The molecule has 1 aromatic rings. The van der Waals surface area contributed by atoms with Crippen LogP contribution in [0.15, 0.2) is 24.3 Å². The molecule has 22 heavy (non-hydrogen) atoms. The minimum Gasteiger partial charge on any atom is -0.508 e. The number of benzene rings is 1. The van der Waals surface area contributed by atoms with Gasteiger partial charge in [-0.2, -0.15) is 0 Å². The van der Waals surface area contributed by atoms with E-state index in [4.69, 9.17) is 4.74 Å². The van der Waals surface area contributed by atoms with E-state index in [-0.39, 0.29) is 24.6 Å². The number of hydrogen-bond donors (Lipinski definition) is 1. The lowest BCUT2D eigenvalue weighted by Gasteiger charge is -2.26. The molecule has 118 valence electrons. The maximum atomic E-state index is 12.2. The molecule has 0 aliphatic carbocycles. The van der Waals surface area contributed by atoms with Gasteiger partial charge >= 0.3 is 11.9 Å². The number of carbonyl (C=O) groups is 3. The Kier molecular flexibility index (Phi) is 4.65. The van der Waals surface area contributed by atoms with Crippen molar-refractivity contribution in [2.75, 3.05) is 20.8 Å². The zero-order valence-electron chi connectivity index (χ0n) is 12.3. The zero-order chi connectivity index (χ0) is 16.3. The molecule has 1 aliphatic heterocycles. The lowest BCUT2D eigenvalue weighted by atomic mass is 10.1. The fourth-order valence-corrected chi connectivity index (χ4v) is 2.52. The second-order valence-electron chi connectivity index (χ2n) is 4.99. The summed E-state index contributed by atoms with van der Waals surface area (Å²) < 4.78 is 9.42. The van der Waals surface area contributed by atoms with Crippen molar-refractivity contribution in [1.82, 2.24) is 4.90 Å². The Bertz CT molecular complexity index is 582. The van der Waals surface area contributed by atoms with Crippen LogP contribution in [0.25, 0.3) is 0 Å². The number of phenols is 1. The second-order valence-corrected chi connectivity index (χ2v) is 4.99. The van der Waals surface area contributed by atoms with Crippen LogP contribution in [-0.4, -0.2) is 48.6 Å². The molecule has 1 aliphatic rings. The third kappa shape index (κ3) is 3.03. The molecule has 7 nitrogen and oxygen atoms in total. The number of esters is 2. The molecule has 2 rings (SSSR count). The van der Waals surface area contributed by atoms with Gasteiger partial charge in [-0.05, 0) is 17.7 Å². The van der Waals surface area contributed by atoms with Crippen LogP contribution in [0.5, 0.6) is 5.75 Å². The van der Waals surface area contributed by atoms with Gasteiger partial charge < -0.3 is 19.5 Å². The molecule has 2 atom stereocenters. The van der Waals surface area contributed by atoms with Gasteiger partial charge in [0.05, 0.1) is 20.1 Å². The van der Waals surface area contributed by atoms with Gasteiger partial charge in [-0.3, -0.25) is 9.59 Å². The average Bonchev–Trinajstić information content (AvgIpc) is 2.90. The van der Waals surface area contributed by atoms with Crippen LogP contribution in [0.1, 0.15) is 18.0 Å². The molecule has 1 fully saturated rings. The molecule has 1 unspecified atom stereocenters. The summed E-state index contributed by atoms with van der Waals surface area (Å²) in [5.74, 6) is -1.96. The summed E-state index contributed by atoms with van der Waals surface area (Å²) in [7, 11) is 2.49. The van der Waals surface area contributed by atoms with E-state index < -0.39 is 23.9 Å². The van der Waals surface area contributed by atoms with E-state index in [9.17, 15) is 19.5 Å². The number of amides is 1. The highest BCUT2D eigenvalue weighted by Crippen LogP contribution is 2.31. The van der Waals surface area contributed by atoms with E-state index in [0.717, 1.165) is 0 Å². The number of carbonyl (C=O) groups excluding carboxylic acids is 3. The molecule has 1 saturated heterocycles. The molecule has 1 aromatic carbocycles. The van der Waals surface area contributed by atoms with Gasteiger partial charge in [-0.25, -0.2) is 4.79 Å². The van der Waals surface area contributed by atoms with Crippen molar-refractivity contribution in [2.45, 2.75) is 12.5 Å². The van der Waals surface area contributed by atoms with Gasteiger partial charge in [0.2, 0.25) is 5.91 Å². The smallest absolute Gasteiger partial charge is 0.333 e. The number of ether oxygens (including phenoxy) is 2. The summed E-state index contributed by atoms with van der Waals surface area (Å²) in [6.45, 7) is 0.0894. The highest BCUT2D eigenvalue weighted by molar-refractivity contribution is 5.91. The predicted octanol–water partition coefficient (Wildman–Crippen LogP) is 0.628. The van der Waals surface area contributed by atoms with Crippen molar-refractivity contribution in [1.29, 1.82) is 0 Å². The summed E-state index contributed by atoms with van der Waals surface area (Å²) in [6, 6.07) is 4.96. The molecule has 1 N–H and O–H groups in total. The van der Waals surface area contributed by atoms with Crippen LogP contribution in [-0.2, 0) is 23.9 Å². The normalized spacial score (nSPS) is 18.9. The third-order valence-electron chi connectivity index (χ3n) is 3.64. The zero-order valence-corrected chi connectivity index (χ0v) is 12.3. The van der Waals surface area contributed by atoms with Crippen molar-refractivity contribution in [3.05, 3.63) is 29.8 Å². The fraction of sp³-hybridized carbons (Fsp3) is 0.400. The first-order valence-electron chi connectivity index (χ1n) is 6.72. The lowest BCUT2D eigenvalue weighted by Crippen LogP contribution is -2.36. The quantitative estimate of drug-likeness (QED) is 0.820. The summed E-state index contributed by atoms with van der Waals surface area (Å²) >= 11 is 0. The first-order valence-corrected chi connectivity index (χ1v) is 6.72. The summed E-state index contributed by atoms with van der Waals surface area (Å²) in [4.78, 5) is 37.2. The van der Waals surface area contributed by atoms with Crippen molar-refractivity contribution in [3.63, 3.8) is 0 Å². The summed E-state index contributed by atoms with van der Waals surface area (Å²) in [6.07, 6.45) is -0.00173. The predicted molar refractivity (Wildman–Crippen MR) is 74.7 cm³/mol. The Morgan fingerprint density at radius 2 is 1.86 bits per heavy atom. The van der Waals surface area contributed by atoms with E-state index in [1.54, 1.807) is 0 Å². The number of methoxy groups -OCH3 is 2. The number of hydrogen-bond acceptors (Lipinski definition) is 6. The maximum absolute atomic E-state index is 12.2. The van der Waals surface area contributed by atoms with Gasteiger partial charge in [0.15, 0.2) is 6.04 Å². The van der Waals surface area contributed by atoms with E-state index in [2.05, 4.69) is 4.74 Å². The minimum absolute atomic E-state index is 0.00173. The third-order valence-corrected chi connectivity index (χ3v) is 3.64. The van der Waals surface area contributed by atoms with Gasteiger partial charge in [0.25, 0.3) is 0 Å². The van der Waals surface area contributed by atoms with Crippen molar-refractivity contribution in [2.24, 2.45) is 5.92 Å². The Morgan fingerprint density at radius 3 is 2.41 bits per heavy atom. The van der Waals surface area contributed by atoms with Gasteiger partial charge in [0, 0.05) is 13.0 Å². The molecule has 7 heteroatoms. The van der Waals surface area contributed by atoms with Gasteiger partial charge in [0.1, 0.15) is 5.75 Å². The van der Waals surface area contributed by atoms with Crippen LogP contribution in [0.3, 0.4) is 0 Å². The van der Waals surface area contributed by atoms with E-state index in [1.807, 2.05) is 0 Å². The topological polar surface area (TPSA) is 93.1 Å². The molecule has 0 saturated carbocycles. The number of aromatic hydroxyl groups is 1. The minimum atomic E-state index is -0.951. The summed E-state index contributed by atoms with van der Waals surface area (Å²) in [5, 5.41) is 9.34. The van der Waals surface area contributed by atoms with Gasteiger partial charge in [-0.15, -0.1) is 0 Å². The molecule has 0 radical (unpaired) electrons. The Morgan fingerprint density at radius 1 is 1.23 bits per heavy atom. The maximum Gasteiger partial charge on any atom is 0.333 e. The van der Waals surface area contributed by atoms with Crippen LogP contribution < -0.4 is 0 Å². The van der Waals surface area contributed by atoms with E-state index in [1.165, 1.54) is 43.4 Å². The van der Waals surface area contributed by atoms with Crippen LogP contribution >= 0.6 is 0 Å². The monoisotopic (exact) mass is 307 g/mol. The number of phenolic OH excluding ortho intramolecular Hbond substituents is 1. The largest absolute Gasteiger partial charge is 0.508 e. The Hall–Kier alpha value is -2.57. The molecular weight excluding hydrogens is 290 g/mol.